The van der Waals surface area contributed by atoms with Crippen LogP contribution in [0.5, 0.6) is 0 Å². The van der Waals surface area contributed by atoms with Crippen LogP contribution in [0, 0.1) is 13.8 Å². The number of carbonyl (C=O) groups is 1. The molecule has 0 unspecified atom stereocenters. The van der Waals surface area contributed by atoms with Gasteiger partial charge in [-0.2, -0.15) is 0 Å². The van der Waals surface area contributed by atoms with Crippen molar-refractivity contribution in [3.8, 4) is 11.1 Å². The van der Waals surface area contributed by atoms with Crippen molar-refractivity contribution in [1.29, 1.82) is 0 Å². The first-order valence-electron chi connectivity index (χ1n) is 10.1. The van der Waals surface area contributed by atoms with Crippen molar-refractivity contribution in [2.45, 2.75) is 52.9 Å². The molecule has 2 aromatic carbocycles. The Hall–Kier alpha value is -2.26. The highest BCUT2D eigenvalue weighted by atomic mass is 35.5. The highest BCUT2D eigenvalue weighted by Crippen LogP contribution is 2.37. The molecule has 1 aromatic heterocycles. The molecule has 0 saturated heterocycles. The van der Waals surface area contributed by atoms with Gasteiger partial charge in [0.05, 0.1) is 0 Å². The molecule has 4 heteroatoms. The summed E-state index contributed by atoms with van der Waals surface area (Å²) in [7, 11) is 0. The van der Waals surface area contributed by atoms with Gasteiger partial charge in [0.25, 0.3) is 5.91 Å². The van der Waals surface area contributed by atoms with E-state index in [1.807, 2.05) is 31.2 Å². The summed E-state index contributed by atoms with van der Waals surface area (Å²) in [5.41, 5.74) is 4.71. The first kappa shape index (κ1) is 20.5. The van der Waals surface area contributed by atoms with Gasteiger partial charge < -0.3 is 9.73 Å². The summed E-state index contributed by atoms with van der Waals surface area (Å²) < 4.78 is 6.08. The minimum atomic E-state index is -0.159. The molecule has 0 fully saturated rings. The van der Waals surface area contributed by atoms with Crippen LogP contribution in [0.15, 0.2) is 40.8 Å². The number of carbonyl (C=O) groups excluding carboxylic acids is 1. The molecule has 1 heterocycles. The van der Waals surface area contributed by atoms with Crippen molar-refractivity contribution in [3.05, 3.63) is 58.3 Å². The van der Waals surface area contributed by atoms with Gasteiger partial charge >= 0.3 is 0 Å². The maximum absolute atomic E-state index is 12.9. The Morgan fingerprint density at radius 3 is 2.46 bits per heavy atom. The summed E-state index contributed by atoms with van der Waals surface area (Å²) in [5, 5.41) is 4.67. The molecule has 28 heavy (non-hydrogen) atoms. The molecule has 0 bridgehead atoms. The standard InChI is InChI=1S/C24H28ClNO2/c1-4-5-6-7-8-13-26-24(27)23-21(18-9-11-19(25)12-10-18)20-15-16(2)14-17(3)22(20)28-23/h9-12,14-15H,4-8,13H2,1-3H3,(H,26,27). The van der Waals surface area contributed by atoms with Crippen LogP contribution in [0.1, 0.15) is 60.7 Å². The van der Waals surface area contributed by atoms with Crippen LogP contribution in [0.3, 0.4) is 0 Å². The van der Waals surface area contributed by atoms with Gasteiger partial charge in [-0.1, -0.05) is 62.4 Å². The van der Waals surface area contributed by atoms with Gasteiger partial charge in [-0.05, 0) is 55.2 Å². The van der Waals surface area contributed by atoms with Crippen molar-refractivity contribution in [2.24, 2.45) is 0 Å². The average molecular weight is 398 g/mol. The fourth-order valence-electron chi connectivity index (χ4n) is 3.62. The van der Waals surface area contributed by atoms with Crippen LogP contribution < -0.4 is 5.32 Å². The minimum Gasteiger partial charge on any atom is -0.450 e. The van der Waals surface area contributed by atoms with E-state index < -0.39 is 0 Å². The van der Waals surface area contributed by atoms with Crippen LogP contribution in [0.4, 0.5) is 0 Å². The van der Waals surface area contributed by atoms with Crippen LogP contribution >= 0.6 is 11.6 Å². The molecule has 1 N–H and O–H groups in total. The molecule has 0 aliphatic carbocycles. The number of hydrogen-bond donors (Lipinski definition) is 1. The number of aryl methyl sites for hydroxylation is 2. The number of hydrogen-bond acceptors (Lipinski definition) is 2. The molecule has 3 nitrogen and oxygen atoms in total. The van der Waals surface area contributed by atoms with E-state index in [-0.39, 0.29) is 5.91 Å². The van der Waals surface area contributed by atoms with Gasteiger partial charge in [0.15, 0.2) is 0 Å². The lowest BCUT2D eigenvalue weighted by Gasteiger charge is -2.06. The Bertz CT molecular complexity index is 957. The largest absolute Gasteiger partial charge is 0.450 e. The van der Waals surface area contributed by atoms with Gasteiger partial charge in [0, 0.05) is 22.5 Å². The molecule has 148 valence electrons. The quantitative estimate of drug-likeness (QED) is 0.413. The normalized spacial score (nSPS) is 11.1. The SMILES string of the molecule is CCCCCCCNC(=O)c1oc2c(C)cc(C)cc2c1-c1ccc(Cl)cc1. The van der Waals surface area contributed by atoms with Gasteiger partial charge in [0.2, 0.25) is 5.76 Å². The lowest BCUT2D eigenvalue weighted by molar-refractivity contribution is 0.0928. The Kier molecular flexibility index (Phi) is 6.79. The van der Waals surface area contributed by atoms with Crippen LogP contribution in [-0.2, 0) is 0 Å². The number of furan rings is 1. The van der Waals surface area contributed by atoms with Crippen molar-refractivity contribution >= 4 is 28.5 Å². The zero-order valence-electron chi connectivity index (χ0n) is 16.9. The highest BCUT2D eigenvalue weighted by molar-refractivity contribution is 6.30. The summed E-state index contributed by atoms with van der Waals surface area (Å²) in [6.45, 7) is 6.93. The van der Waals surface area contributed by atoms with Crippen molar-refractivity contribution in [2.75, 3.05) is 6.54 Å². The van der Waals surface area contributed by atoms with E-state index in [0.29, 0.717) is 17.3 Å². The van der Waals surface area contributed by atoms with Crippen LogP contribution in [-0.4, -0.2) is 12.5 Å². The summed E-state index contributed by atoms with van der Waals surface area (Å²) in [6.07, 6.45) is 5.80. The maximum atomic E-state index is 12.9. The van der Waals surface area contributed by atoms with E-state index in [0.717, 1.165) is 46.1 Å². The molecule has 3 rings (SSSR count). The average Bonchev–Trinajstić information content (AvgIpc) is 3.05. The van der Waals surface area contributed by atoms with E-state index >= 15 is 0 Å². The number of benzene rings is 2. The van der Waals surface area contributed by atoms with Gasteiger partial charge in [-0.3, -0.25) is 4.79 Å². The van der Waals surface area contributed by atoms with Crippen molar-refractivity contribution in [3.63, 3.8) is 0 Å². The van der Waals surface area contributed by atoms with Gasteiger partial charge in [0.1, 0.15) is 5.58 Å². The fraction of sp³-hybridized carbons (Fsp3) is 0.375. The van der Waals surface area contributed by atoms with Gasteiger partial charge in [-0.25, -0.2) is 0 Å². The molecule has 0 aliphatic heterocycles. The van der Waals surface area contributed by atoms with E-state index in [1.165, 1.54) is 19.3 Å². The molecule has 0 saturated carbocycles. The Balaban J connectivity index is 1.92. The topological polar surface area (TPSA) is 42.2 Å². The van der Waals surface area contributed by atoms with Gasteiger partial charge in [-0.15, -0.1) is 0 Å². The summed E-state index contributed by atoms with van der Waals surface area (Å²) in [5.74, 6) is 0.216. The first-order chi connectivity index (χ1) is 13.5. The van der Waals surface area contributed by atoms with E-state index in [1.54, 1.807) is 0 Å². The Labute approximate surface area is 172 Å². The molecular weight excluding hydrogens is 370 g/mol. The Morgan fingerprint density at radius 1 is 1.04 bits per heavy atom. The molecule has 0 spiro atoms. The fourth-order valence-corrected chi connectivity index (χ4v) is 3.75. The number of nitrogens with one attached hydrogen (secondary N) is 1. The smallest absolute Gasteiger partial charge is 0.287 e. The van der Waals surface area contributed by atoms with E-state index in [2.05, 4.69) is 31.3 Å². The molecule has 1 amide bonds. The summed E-state index contributed by atoms with van der Waals surface area (Å²) in [4.78, 5) is 12.9. The van der Waals surface area contributed by atoms with Crippen molar-refractivity contribution in [1.82, 2.24) is 5.32 Å². The second-order valence-corrected chi connectivity index (χ2v) is 7.88. The number of unbranched alkanes of at least 4 members (excludes halogenated alkanes) is 4. The second kappa shape index (κ2) is 9.29. The zero-order valence-corrected chi connectivity index (χ0v) is 17.7. The molecule has 3 aromatic rings. The third kappa shape index (κ3) is 4.59. The monoisotopic (exact) mass is 397 g/mol. The minimum absolute atomic E-state index is 0.159. The third-order valence-electron chi connectivity index (χ3n) is 5.02. The van der Waals surface area contributed by atoms with E-state index in [9.17, 15) is 4.79 Å². The number of rotatable bonds is 8. The summed E-state index contributed by atoms with van der Waals surface area (Å²) in [6, 6.07) is 11.7. The third-order valence-corrected chi connectivity index (χ3v) is 5.28. The number of halogens is 1. The molecular formula is C24H28ClNO2. The highest BCUT2D eigenvalue weighted by Gasteiger charge is 2.23. The lowest BCUT2D eigenvalue weighted by atomic mass is 9.99. The lowest BCUT2D eigenvalue weighted by Crippen LogP contribution is -2.24. The molecule has 0 radical (unpaired) electrons. The number of fused-ring (bicyclic) bond motifs is 1. The van der Waals surface area contributed by atoms with E-state index in [4.69, 9.17) is 16.0 Å². The maximum Gasteiger partial charge on any atom is 0.287 e. The Morgan fingerprint density at radius 2 is 1.75 bits per heavy atom. The zero-order chi connectivity index (χ0) is 20.1. The number of amides is 1. The predicted molar refractivity (Wildman–Crippen MR) is 117 cm³/mol. The van der Waals surface area contributed by atoms with Crippen molar-refractivity contribution < 1.29 is 9.21 Å². The van der Waals surface area contributed by atoms with Crippen LogP contribution in [0.25, 0.3) is 22.1 Å². The second-order valence-electron chi connectivity index (χ2n) is 7.44. The predicted octanol–water partition coefficient (Wildman–Crippen LogP) is 7.07. The summed E-state index contributed by atoms with van der Waals surface area (Å²) >= 11 is 6.06. The molecule has 0 atom stereocenters. The first-order valence-corrected chi connectivity index (χ1v) is 10.5. The molecule has 0 aliphatic rings. The van der Waals surface area contributed by atoms with Crippen LogP contribution in [0.2, 0.25) is 5.02 Å².